The van der Waals surface area contributed by atoms with E-state index in [1.807, 2.05) is 6.92 Å². The van der Waals surface area contributed by atoms with E-state index in [1.54, 1.807) is 6.07 Å². The molecule has 104 valence electrons. The maximum Gasteiger partial charge on any atom is 0.261 e. The number of carbonyl (C=O) groups excluding carboxylic acids is 1. The smallest absolute Gasteiger partial charge is 0.261 e. The van der Waals surface area contributed by atoms with Crippen LogP contribution in [0.3, 0.4) is 0 Å². The highest BCUT2D eigenvalue weighted by atomic mass is 32.2. The molecule has 19 heavy (non-hydrogen) atoms. The van der Waals surface area contributed by atoms with Gasteiger partial charge in [-0.3, -0.25) is 4.79 Å². The fourth-order valence-corrected chi connectivity index (χ4v) is 2.71. The average molecular weight is 301 g/mol. The highest BCUT2D eigenvalue weighted by Crippen LogP contribution is 2.20. The Labute approximate surface area is 116 Å². The standard InChI is InChI=1S/C12H15NO4S2/c1-9-8-11(18-10(9)4-3-6-14)12(15)13-5-7-19(2,16)17/h8,14H,5-7H2,1-2H3,(H,13,15). The normalized spacial score (nSPS) is 10.7. The predicted octanol–water partition coefficient (Wildman–Crippen LogP) is 0.175. The van der Waals surface area contributed by atoms with Crippen LogP contribution < -0.4 is 5.32 Å². The molecule has 5 nitrogen and oxygen atoms in total. The van der Waals surface area contributed by atoms with Crippen molar-refractivity contribution in [3.8, 4) is 11.8 Å². The highest BCUT2D eigenvalue weighted by molar-refractivity contribution is 7.90. The Hall–Kier alpha value is -1.36. The molecule has 0 aliphatic heterocycles. The van der Waals surface area contributed by atoms with Gasteiger partial charge >= 0.3 is 0 Å². The molecule has 2 N–H and O–H groups in total. The van der Waals surface area contributed by atoms with E-state index in [-0.39, 0.29) is 24.8 Å². The monoisotopic (exact) mass is 301 g/mol. The van der Waals surface area contributed by atoms with Gasteiger partial charge in [0.15, 0.2) is 0 Å². The van der Waals surface area contributed by atoms with Crippen LogP contribution >= 0.6 is 11.3 Å². The summed E-state index contributed by atoms with van der Waals surface area (Å²) < 4.78 is 21.9. The third kappa shape index (κ3) is 5.42. The lowest BCUT2D eigenvalue weighted by Gasteiger charge is -2.01. The van der Waals surface area contributed by atoms with Gasteiger partial charge in [-0.2, -0.15) is 0 Å². The third-order valence-corrected chi connectivity index (χ3v) is 4.28. The van der Waals surface area contributed by atoms with E-state index in [1.165, 1.54) is 11.3 Å². The summed E-state index contributed by atoms with van der Waals surface area (Å²) in [5, 5.41) is 11.2. The number of aryl methyl sites for hydroxylation is 1. The molecule has 1 amide bonds. The zero-order chi connectivity index (χ0) is 14.5. The van der Waals surface area contributed by atoms with Crippen LogP contribution in [0, 0.1) is 18.8 Å². The first-order valence-corrected chi connectivity index (χ1v) is 8.37. The molecule has 0 fully saturated rings. The summed E-state index contributed by atoms with van der Waals surface area (Å²) in [5.74, 6) is 4.89. The van der Waals surface area contributed by atoms with E-state index >= 15 is 0 Å². The van der Waals surface area contributed by atoms with Crippen molar-refractivity contribution in [2.45, 2.75) is 6.92 Å². The largest absolute Gasteiger partial charge is 0.384 e. The minimum atomic E-state index is -3.08. The summed E-state index contributed by atoms with van der Waals surface area (Å²) >= 11 is 1.22. The number of hydrogen-bond acceptors (Lipinski definition) is 5. The first-order chi connectivity index (χ1) is 8.83. The van der Waals surface area contributed by atoms with Gasteiger partial charge in [0, 0.05) is 12.8 Å². The summed E-state index contributed by atoms with van der Waals surface area (Å²) in [7, 11) is -3.08. The molecule has 0 unspecified atom stereocenters. The zero-order valence-electron chi connectivity index (χ0n) is 10.7. The van der Waals surface area contributed by atoms with Crippen molar-refractivity contribution >= 4 is 27.1 Å². The fourth-order valence-electron chi connectivity index (χ4n) is 1.27. The van der Waals surface area contributed by atoms with Gasteiger partial charge in [-0.05, 0) is 18.6 Å². The van der Waals surface area contributed by atoms with Crippen LogP contribution in [0.25, 0.3) is 0 Å². The number of aliphatic hydroxyl groups excluding tert-OH is 1. The lowest BCUT2D eigenvalue weighted by molar-refractivity contribution is 0.0960. The van der Waals surface area contributed by atoms with Gasteiger partial charge in [0.25, 0.3) is 5.91 Å². The van der Waals surface area contributed by atoms with Crippen molar-refractivity contribution in [1.82, 2.24) is 5.32 Å². The maximum atomic E-state index is 11.8. The van der Waals surface area contributed by atoms with Crippen molar-refractivity contribution in [1.29, 1.82) is 0 Å². The minimum Gasteiger partial charge on any atom is -0.384 e. The Bertz CT molecular complexity index is 620. The molecule has 0 atom stereocenters. The van der Waals surface area contributed by atoms with Crippen LogP contribution in [0.4, 0.5) is 0 Å². The van der Waals surface area contributed by atoms with E-state index in [4.69, 9.17) is 5.11 Å². The van der Waals surface area contributed by atoms with E-state index in [2.05, 4.69) is 17.2 Å². The minimum absolute atomic E-state index is 0.0831. The van der Waals surface area contributed by atoms with Crippen molar-refractivity contribution in [2.75, 3.05) is 25.2 Å². The average Bonchev–Trinajstić information content (AvgIpc) is 2.66. The summed E-state index contributed by atoms with van der Waals surface area (Å²) in [5.41, 5.74) is 0.860. The van der Waals surface area contributed by atoms with Crippen LogP contribution in [0.15, 0.2) is 6.07 Å². The summed E-state index contributed by atoms with van der Waals surface area (Å²) in [6.07, 6.45) is 1.12. The highest BCUT2D eigenvalue weighted by Gasteiger charge is 2.12. The molecule has 0 bridgehead atoms. The Morgan fingerprint density at radius 3 is 2.79 bits per heavy atom. The molecule has 7 heteroatoms. The second-order valence-corrected chi connectivity index (χ2v) is 7.28. The van der Waals surface area contributed by atoms with Crippen LogP contribution in [0.1, 0.15) is 20.1 Å². The van der Waals surface area contributed by atoms with Gasteiger partial charge in [-0.15, -0.1) is 11.3 Å². The van der Waals surface area contributed by atoms with Crippen molar-refractivity contribution < 1.29 is 18.3 Å². The van der Waals surface area contributed by atoms with Gasteiger partial charge < -0.3 is 10.4 Å². The molecule has 1 aromatic heterocycles. The first kappa shape index (κ1) is 15.7. The number of rotatable bonds is 4. The van der Waals surface area contributed by atoms with E-state index in [9.17, 15) is 13.2 Å². The number of thiophene rings is 1. The molecule has 1 aromatic rings. The van der Waals surface area contributed by atoms with Gasteiger partial charge in [-0.1, -0.05) is 11.8 Å². The molecule has 0 spiro atoms. The van der Waals surface area contributed by atoms with Crippen molar-refractivity contribution in [3.63, 3.8) is 0 Å². The SMILES string of the molecule is Cc1cc(C(=O)NCCS(C)(=O)=O)sc1C#CCO. The molecule has 0 aromatic carbocycles. The molecule has 0 saturated heterocycles. The van der Waals surface area contributed by atoms with Crippen LogP contribution in [-0.4, -0.2) is 44.6 Å². The second kappa shape index (κ2) is 6.70. The number of hydrogen-bond donors (Lipinski definition) is 2. The van der Waals surface area contributed by atoms with Gasteiger partial charge in [0.05, 0.1) is 15.5 Å². The van der Waals surface area contributed by atoms with Gasteiger partial charge in [0.2, 0.25) is 0 Å². The first-order valence-electron chi connectivity index (χ1n) is 5.49. The molecule has 0 aliphatic carbocycles. The number of amides is 1. The Balaban J connectivity index is 2.68. The molecular formula is C12H15NO4S2. The Kier molecular flexibility index (Phi) is 5.54. The van der Waals surface area contributed by atoms with Gasteiger partial charge in [0.1, 0.15) is 16.4 Å². The van der Waals surface area contributed by atoms with E-state index in [0.29, 0.717) is 4.88 Å². The Morgan fingerprint density at radius 1 is 1.53 bits per heavy atom. The molecule has 0 saturated carbocycles. The molecule has 0 radical (unpaired) electrons. The number of aliphatic hydroxyl groups is 1. The maximum absolute atomic E-state index is 11.8. The Morgan fingerprint density at radius 2 is 2.21 bits per heavy atom. The van der Waals surface area contributed by atoms with Crippen LogP contribution in [0.5, 0.6) is 0 Å². The van der Waals surface area contributed by atoms with E-state index < -0.39 is 9.84 Å². The molecule has 0 aliphatic rings. The van der Waals surface area contributed by atoms with Crippen molar-refractivity contribution in [3.05, 3.63) is 21.4 Å². The van der Waals surface area contributed by atoms with Crippen LogP contribution in [-0.2, 0) is 9.84 Å². The van der Waals surface area contributed by atoms with Crippen molar-refractivity contribution in [2.24, 2.45) is 0 Å². The fraction of sp³-hybridized carbons (Fsp3) is 0.417. The summed E-state index contributed by atoms with van der Waals surface area (Å²) in [6, 6.07) is 1.70. The lowest BCUT2D eigenvalue weighted by Crippen LogP contribution is -2.28. The topological polar surface area (TPSA) is 83.5 Å². The molecule has 1 heterocycles. The lowest BCUT2D eigenvalue weighted by atomic mass is 10.2. The second-order valence-electron chi connectivity index (χ2n) is 3.97. The number of carbonyl (C=O) groups is 1. The quantitative estimate of drug-likeness (QED) is 0.777. The summed E-state index contributed by atoms with van der Waals surface area (Å²) in [4.78, 5) is 13.0. The number of sulfone groups is 1. The van der Waals surface area contributed by atoms with E-state index in [0.717, 1.165) is 16.7 Å². The molecule has 1 rings (SSSR count). The van der Waals surface area contributed by atoms with Gasteiger partial charge in [-0.25, -0.2) is 8.42 Å². The predicted molar refractivity (Wildman–Crippen MR) is 75.1 cm³/mol. The summed E-state index contributed by atoms with van der Waals surface area (Å²) in [6.45, 7) is 1.69. The van der Waals surface area contributed by atoms with Crippen LogP contribution in [0.2, 0.25) is 0 Å². The zero-order valence-corrected chi connectivity index (χ0v) is 12.3. The third-order valence-electron chi connectivity index (χ3n) is 2.18. The molecular weight excluding hydrogens is 286 g/mol. The number of nitrogens with one attached hydrogen (secondary N) is 1.